The van der Waals surface area contributed by atoms with Crippen LogP contribution in [0.2, 0.25) is 0 Å². The molecule has 0 amide bonds. The van der Waals surface area contributed by atoms with Crippen molar-refractivity contribution in [3.8, 4) is 0 Å². The number of ether oxygens (including phenoxy) is 1. The molecule has 1 atom stereocenters. The van der Waals surface area contributed by atoms with E-state index in [0.29, 0.717) is 16.8 Å². The molecule has 0 aliphatic carbocycles. The molecule has 0 aliphatic rings. The molecule has 0 fully saturated rings. The number of rotatable bonds is 6. The third-order valence-electron chi connectivity index (χ3n) is 5.00. The zero-order valence-electron chi connectivity index (χ0n) is 16.8. The Labute approximate surface area is 174 Å². The van der Waals surface area contributed by atoms with Crippen molar-refractivity contribution in [1.82, 2.24) is 15.0 Å². The van der Waals surface area contributed by atoms with Gasteiger partial charge in [-0.2, -0.15) is 0 Å². The molecule has 2 aromatic carbocycles. The zero-order valence-corrected chi connectivity index (χ0v) is 16.8. The minimum atomic E-state index is -1.09. The Morgan fingerprint density at radius 2 is 1.83 bits per heavy atom. The summed E-state index contributed by atoms with van der Waals surface area (Å²) in [4.78, 5) is 37.6. The highest BCUT2D eigenvalue weighted by molar-refractivity contribution is 6.11. The van der Waals surface area contributed by atoms with Crippen molar-refractivity contribution in [3.63, 3.8) is 0 Å². The van der Waals surface area contributed by atoms with Crippen molar-refractivity contribution in [3.05, 3.63) is 95.2 Å². The first-order valence-corrected chi connectivity index (χ1v) is 9.76. The molecule has 0 unspecified atom stereocenters. The Balaban J connectivity index is 1.72. The van der Waals surface area contributed by atoms with E-state index in [1.807, 2.05) is 24.3 Å². The number of carbonyl (C=O) groups excluding carboxylic acids is 2. The van der Waals surface area contributed by atoms with Crippen LogP contribution in [0, 0.1) is 6.92 Å². The van der Waals surface area contributed by atoms with Gasteiger partial charge < -0.3 is 9.72 Å². The van der Waals surface area contributed by atoms with Crippen LogP contribution in [0.5, 0.6) is 0 Å². The quantitative estimate of drug-likeness (QED) is 0.378. The first-order chi connectivity index (χ1) is 14.6. The van der Waals surface area contributed by atoms with E-state index in [-0.39, 0.29) is 11.5 Å². The summed E-state index contributed by atoms with van der Waals surface area (Å²) in [6, 6.07) is 14.8. The van der Waals surface area contributed by atoms with E-state index >= 15 is 0 Å². The van der Waals surface area contributed by atoms with Crippen LogP contribution >= 0.6 is 0 Å². The largest absolute Gasteiger partial charge is 0.444 e. The lowest BCUT2D eigenvalue weighted by Crippen LogP contribution is -2.21. The maximum absolute atomic E-state index is 13.5. The topological polar surface area (TPSA) is 84.9 Å². The second-order valence-corrected chi connectivity index (χ2v) is 7.00. The number of nitrogens with one attached hydrogen (secondary N) is 1. The SMILES string of the molecule is CCc1cccc2c(C(=O)[C@H](OC(=O)c3cnc(C)cn3)c3ccccc3)c[nH]c12. The standard InChI is InChI=1S/C24H21N3O3/c1-3-16-10-7-11-18-19(13-27-21(16)18)22(28)23(17-8-5-4-6-9-17)30-24(29)20-14-25-15(2)12-26-20/h4-14,23,27H,3H2,1-2H3/t23-/m1/s1. The number of ketones is 1. The Morgan fingerprint density at radius 1 is 1.03 bits per heavy atom. The summed E-state index contributed by atoms with van der Waals surface area (Å²) in [5.74, 6) is -0.993. The van der Waals surface area contributed by atoms with E-state index in [2.05, 4.69) is 21.9 Å². The molecule has 0 saturated heterocycles. The molecule has 4 aromatic rings. The third-order valence-corrected chi connectivity index (χ3v) is 5.00. The number of fused-ring (bicyclic) bond motifs is 1. The molecule has 2 heterocycles. The first-order valence-electron chi connectivity index (χ1n) is 9.76. The highest BCUT2D eigenvalue weighted by Gasteiger charge is 2.29. The number of Topliss-reactive ketones (excluding diaryl/α,β-unsaturated/α-hetero) is 1. The minimum Gasteiger partial charge on any atom is -0.444 e. The van der Waals surface area contributed by atoms with Gasteiger partial charge >= 0.3 is 5.97 Å². The number of aromatic amines is 1. The Kier molecular flexibility index (Phi) is 5.39. The summed E-state index contributed by atoms with van der Waals surface area (Å²) < 4.78 is 5.65. The lowest BCUT2D eigenvalue weighted by Gasteiger charge is -2.17. The van der Waals surface area contributed by atoms with Crippen LogP contribution in [0.4, 0.5) is 0 Å². The molecule has 0 spiro atoms. The van der Waals surface area contributed by atoms with Crippen molar-refractivity contribution < 1.29 is 14.3 Å². The third kappa shape index (κ3) is 3.72. The van der Waals surface area contributed by atoms with Crippen molar-refractivity contribution in [1.29, 1.82) is 0 Å². The number of aryl methyl sites for hydroxylation is 2. The Bertz CT molecular complexity index is 1200. The van der Waals surface area contributed by atoms with Gasteiger partial charge in [0.2, 0.25) is 5.78 Å². The molecular weight excluding hydrogens is 378 g/mol. The number of para-hydroxylation sites is 1. The molecular formula is C24H21N3O3. The van der Waals surface area contributed by atoms with Crippen LogP contribution in [-0.2, 0) is 11.2 Å². The van der Waals surface area contributed by atoms with Gasteiger partial charge in [0, 0.05) is 34.4 Å². The van der Waals surface area contributed by atoms with E-state index < -0.39 is 12.1 Å². The van der Waals surface area contributed by atoms with Gasteiger partial charge in [0.15, 0.2) is 11.8 Å². The van der Waals surface area contributed by atoms with Crippen LogP contribution in [0.3, 0.4) is 0 Å². The number of benzene rings is 2. The highest BCUT2D eigenvalue weighted by atomic mass is 16.5. The summed E-state index contributed by atoms with van der Waals surface area (Å²) in [6.07, 6.45) is 4.27. The molecule has 0 bridgehead atoms. The molecule has 0 aliphatic heterocycles. The van der Waals surface area contributed by atoms with Gasteiger partial charge in [-0.3, -0.25) is 9.78 Å². The van der Waals surface area contributed by atoms with Crippen LogP contribution in [0.25, 0.3) is 10.9 Å². The Morgan fingerprint density at radius 3 is 2.53 bits per heavy atom. The number of esters is 1. The normalized spacial score (nSPS) is 11.9. The van der Waals surface area contributed by atoms with Crippen LogP contribution in [0.15, 0.2) is 67.1 Å². The second kappa shape index (κ2) is 8.29. The lowest BCUT2D eigenvalue weighted by atomic mass is 9.98. The average molecular weight is 399 g/mol. The van der Waals surface area contributed by atoms with Gasteiger partial charge in [0.05, 0.1) is 11.9 Å². The highest BCUT2D eigenvalue weighted by Crippen LogP contribution is 2.29. The minimum absolute atomic E-state index is 0.0570. The maximum atomic E-state index is 13.5. The van der Waals surface area contributed by atoms with E-state index in [1.54, 1.807) is 37.4 Å². The smallest absolute Gasteiger partial charge is 0.359 e. The molecule has 30 heavy (non-hydrogen) atoms. The molecule has 2 aromatic heterocycles. The monoisotopic (exact) mass is 399 g/mol. The molecule has 1 N–H and O–H groups in total. The number of nitrogens with zero attached hydrogens (tertiary/aromatic N) is 2. The fraction of sp³-hybridized carbons (Fsp3) is 0.167. The van der Waals surface area contributed by atoms with Crippen LogP contribution in [0.1, 0.15) is 50.7 Å². The zero-order chi connectivity index (χ0) is 21.1. The number of carbonyl (C=O) groups is 2. The van der Waals surface area contributed by atoms with Gasteiger partial charge in [-0.05, 0) is 18.9 Å². The number of hydrogen-bond donors (Lipinski definition) is 1. The average Bonchev–Trinajstić information content (AvgIpc) is 3.22. The van der Waals surface area contributed by atoms with Gasteiger partial charge in [0.25, 0.3) is 0 Å². The maximum Gasteiger partial charge on any atom is 0.359 e. The van der Waals surface area contributed by atoms with Gasteiger partial charge in [-0.15, -0.1) is 0 Å². The van der Waals surface area contributed by atoms with Crippen molar-refractivity contribution in [2.45, 2.75) is 26.4 Å². The van der Waals surface area contributed by atoms with Crippen molar-refractivity contribution in [2.75, 3.05) is 0 Å². The molecule has 0 saturated carbocycles. The van der Waals surface area contributed by atoms with Crippen molar-refractivity contribution in [2.24, 2.45) is 0 Å². The molecule has 6 nitrogen and oxygen atoms in total. The van der Waals surface area contributed by atoms with Crippen LogP contribution in [-0.4, -0.2) is 26.7 Å². The Hall–Kier alpha value is -3.80. The van der Waals surface area contributed by atoms with E-state index in [4.69, 9.17) is 4.74 Å². The lowest BCUT2D eigenvalue weighted by molar-refractivity contribution is 0.0274. The molecule has 150 valence electrons. The predicted octanol–water partition coefficient (Wildman–Crippen LogP) is 4.61. The summed E-state index contributed by atoms with van der Waals surface area (Å²) >= 11 is 0. The predicted molar refractivity (Wildman–Crippen MR) is 113 cm³/mol. The molecule has 0 radical (unpaired) electrons. The van der Waals surface area contributed by atoms with Gasteiger partial charge in [0.1, 0.15) is 0 Å². The number of H-pyrrole nitrogens is 1. The first kappa shape index (κ1) is 19.5. The van der Waals surface area contributed by atoms with E-state index in [0.717, 1.165) is 22.9 Å². The summed E-state index contributed by atoms with van der Waals surface area (Å²) in [5.41, 5.74) is 3.86. The summed E-state index contributed by atoms with van der Waals surface area (Å²) in [5, 5.41) is 0.812. The summed E-state index contributed by atoms with van der Waals surface area (Å²) in [7, 11) is 0. The number of aromatic nitrogens is 3. The number of hydrogen-bond acceptors (Lipinski definition) is 5. The summed E-state index contributed by atoms with van der Waals surface area (Å²) in [6.45, 7) is 3.84. The van der Waals surface area contributed by atoms with Gasteiger partial charge in [-0.25, -0.2) is 9.78 Å². The van der Waals surface area contributed by atoms with E-state index in [1.165, 1.54) is 12.4 Å². The second-order valence-electron chi connectivity index (χ2n) is 7.00. The molecule has 6 heteroatoms. The fourth-order valence-electron chi connectivity index (χ4n) is 3.42. The van der Waals surface area contributed by atoms with Gasteiger partial charge in [-0.1, -0.05) is 55.5 Å². The molecule has 4 rings (SSSR count). The van der Waals surface area contributed by atoms with E-state index in [9.17, 15) is 9.59 Å². The fourth-order valence-corrected chi connectivity index (χ4v) is 3.42. The van der Waals surface area contributed by atoms with Crippen molar-refractivity contribution >= 4 is 22.7 Å². The van der Waals surface area contributed by atoms with Crippen LogP contribution < -0.4 is 0 Å².